The molecule has 1 aromatic carbocycles. The Morgan fingerprint density at radius 1 is 1.07 bits per heavy atom. The second-order valence-electron chi connectivity index (χ2n) is 7.42. The van der Waals surface area contributed by atoms with E-state index >= 15 is 0 Å². The first-order valence-electron chi connectivity index (χ1n) is 9.74. The third-order valence-corrected chi connectivity index (χ3v) is 5.66. The van der Waals surface area contributed by atoms with Crippen molar-refractivity contribution in [2.24, 2.45) is 5.92 Å². The third kappa shape index (κ3) is 4.02. The Hall–Kier alpha value is -2.69. The molecule has 2 aromatic rings. The van der Waals surface area contributed by atoms with Crippen molar-refractivity contribution >= 4 is 11.8 Å². The number of fused-ring (bicyclic) bond motifs is 1. The van der Waals surface area contributed by atoms with Crippen LogP contribution in [0.5, 0.6) is 0 Å². The predicted octanol–water partition coefficient (Wildman–Crippen LogP) is 2.45. The zero-order chi connectivity index (χ0) is 18.6. The zero-order valence-electron chi connectivity index (χ0n) is 15.5. The Labute approximate surface area is 160 Å². The Balaban J connectivity index is 1.37. The van der Waals surface area contributed by atoms with E-state index in [1.54, 1.807) is 6.20 Å². The molecule has 0 N–H and O–H groups in total. The summed E-state index contributed by atoms with van der Waals surface area (Å²) in [5.74, 6) is 0.260. The van der Waals surface area contributed by atoms with Crippen LogP contribution < -0.4 is 0 Å². The average molecular weight is 363 g/mol. The van der Waals surface area contributed by atoms with Crippen LogP contribution in [0.2, 0.25) is 0 Å². The Kier molecular flexibility index (Phi) is 5.19. The summed E-state index contributed by atoms with van der Waals surface area (Å²) in [6.07, 6.45) is 4.54. The molecule has 1 unspecified atom stereocenters. The summed E-state index contributed by atoms with van der Waals surface area (Å²) in [6.45, 7) is 2.62. The van der Waals surface area contributed by atoms with Gasteiger partial charge in [0.25, 0.3) is 0 Å². The molecule has 1 fully saturated rings. The molecule has 5 heteroatoms. The van der Waals surface area contributed by atoms with Gasteiger partial charge in [-0.25, -0.2) is 0 Å². The van der Waals surface area contributed by atoms with Gasteiger partial charge in [0.05, 0.1) is 5.92 Å². The van der Waals surface area contributed by atoms with Crippen LogP contribution in [0.1, 0.15) is 29.7 Å². The lowest BCUT2D eigenvalue weighted by Gasteiger charge is -2.36. The van der Waals surface area contributed by atoms with Crippen LogP contribution >= 0.6 is 0 Å². The van der Waals surface area contributed by atoms with Crippen molar-refractivity contribution in [3.05, 3.63) is 65.5 Å². The first-order valence-corrected chi connectivity index (χ1v) is 9.74. The molecular formula is C22H25N3O2. The molecule has 2 amide bonds. The van der Waals surface area contributed by atoms with Gasteiger partial charge >= 0.3 is 0 Å². The molecule has 140 valence electrons. The van der Waals surface area contributed by atoms with Crippen molar-refractivity contribution in [1.82, 2.24) is 14.8 Å². The van der Waals surface area contributed by atoms with Crippen molar-refractivity contribution in [2.45, 2.75) is 32.2 Å². The van der Waals surface area contributed by atoms with Gasteiger partial charge in [-0.05, 0) is 36.1 Å². The maximum Gasteiger partial charge on any atom is 0.227 e. The SMILES string of the molecule is O=C1CCC(C(=O)N2CCc3ccccc3C2)CN1CCc1ccccn1. The number of carbonyl (C=O) groups excluding carboxylic acids is 2. The number of rotatable bonds is 4. The Morgan fingerprint density at radius 3 is 2.70 bits per heavy atom. The first-order chi connectivity index (χ1) is 13.2. The number of pyridine rings is 1. The molecule has 5 nitrogen and oxygen atoms in total. The second-order valence-corrected chi connectivity index (χ2v) is 7.42. The molecule has 0 saturated carbocycles. The van der Waals surface area contributed by atoms with E-state index in [4.69, 9.17) is 0 Å². The fourth-order valence-electron chi connectivity index (χ4n) is 4.07. The molecule has 1 atom stereocenters. The summed E-state index contributed by atoms with van der Waals surface area (Å²) in [5.41, 5.74) is 3.57. The van der Waals surface area contributed by atoms with Gasteiger partial charge in [-0.15, -0.1) is 0 Å². The van der Waals surface area contributed by atoms with Gasteiger partial charge in [0, 0.05) is 50.9 Å². The van der Waals surface area contributed by atoms with Gasteiger partial charge in [-0.2, -0.15) is 0 Å². The van der Waals surface area contributed by atoms with E-state index in [2.05, 4.69) is 23.2 Å². The highest BCUT2D eigenvalue weighted by atomic mass is 16.2. The van der Waals surface area contributed by atoms with Crippen molar-refractivity contribution in [1.29, 1.82) is 0 Å². The smallest absolute Gasteiger partial charge is 0.227 e. The zero-order valence-corrected chi connectivity index (χ0v) is 15.5. The first kappa shape index (κ1) is 17.7. The van der Waals surface area contributed by atoms with E-state index in [1.807, 2.05) is 34.1 Å². The summed E-state index contributed by atoms with van der Waals surface area (Å²) in [7, 11) is 0. The normalized spacial score (nSPS) is 19.7. The minimum absolute atomic E-state index is 0.0864. The van der Waals surface area contributed by atoms with Crippen molar-refractivity contribution in [3.8, 4) is 0 Å². The molecule has 2 aliphatic rings. The topological polar surface area (TPSA) is 53.5 Å². The maximum atomic E-state index is 13.1. The van der Waals surface area contributed by atoms with E-state index in [0.29, 0.717) is 32.5 Å². The van der Waals surface area contributed by atoms with Gasteiger partial charge in [0.1, 0.15) is 0 Å². The highest BCUT2D eigenvalue weighted by Gasteiger charge is 2.33. The lowest BCUT2D eigenvalue weighted by Crippen LogP contribution is -2.48. The lowest BCUT2D eigenvalue weighted by atomic mass is 9.93. The van der Waals surface area contributed by atoms with Crippen LogP contribution in [-0.2, 0) is 29.0 Å². The monoisotopic (exact) mass is 363 g/mol. The molecule has 3 heterocycles. The standard InChI is InChI=1S/C22H25N3O2/c26-21-9-8-19(16-24(21)14-11-20-7-3-4-12-23-20)22(27)25-13-10-17-5-1-2-6-18(17)15-25/h1-7,12,19H,8-11,13-16H2. The number of hydrogen-bond donors (Lipinski definition) is 0. The Bertz CT molecular complexity index is 821. The predicted molar refractivity (Wildman–Crippen MR) is 103 cm³/mol. The maximum absolute atomic E-state index is 13.1. The molecule has 27 heavy (non-hydrogen) atoms. The van der Waals surface area contributed by atoms with Crippen LogP contribution in [0.3, 0.4) is 0 Å². The van der Waals surface area contributed by atoms with Gasteiger partial charge < -0.3 is 9.80 Å². The summed E-state index contributed by atoms with van der Waals surface area (Å²) in [5, 5.41) is 0. The summed E-state index contributed by atoms with van der Waals surface area (Å²) in [4.78, 5) is 33.5. The Morgan fingerprint density at radius 2 is 1.89 bits per heavy atom. The molecule has 0 aliphatic carbocycles. The average Bonchev–Trinajstić information content (AvgIpc) is 2.73. The van der Waals surface area contributed by atoms with Crippen molar-refractivity contribution < 1.29 is 9.59 Å². The number of aromatic nitrogens is 1. The minimum Gasteiger partial charge on any atom is -0.342 e. The number of amides is 2. The largest absolute Gasteiger partial charge is 0.342 e. The third-order valence-electron chi connectivity index (χ3n) is 5.66. The molecule has 0 bridgehead atoms. The molecule has 4 rings (SSSR count). The number of nitrogens with zero attached hydrogens (tertiary/aromatic N) is 3. The fourth-order valence-corrected chi connectivity index (χ4v) is 4.07. The van der Waals surface area contributed by atoms with Crippen LogP contribution in [0.4, 0.5) is 0 Å². The minimum atomic E-state index is -0.0864. The summed E-state index contributed by atoms with van der Waals surface area (Å²) in [6, 6.07) is 14.2. The fraction of sp³-hybridized carbons (Fsp3) is 0.409. The van der Waals surface area contributed by atoms with Crippen LogP contribution in [0.25, 0.3) is 0 Å². The van der Waals surface area contributed by atoms with Crippen LogP contribution in [0.15, 0.2) is 48.7 Å². The highest BCUT2D eigenvalue weighted by Crippen LogP contribution is 2.24. The van der Waals surface area contributed by atoms with Gasteiger partial charge in [-0.3, -0.25) is 14.6 Å². The lowest BCUT2D eigenvalue weighted by molar-refractivity contribution is -0.143. The quantitative estimate of drug-likeness (QED) is 0.838. The second kappa shape index (κ2) is 7.91. The number of benzene rings is 1. The van der Waals surface area contributed by atoms with E-state index in [0.717, 1.165) is 25.1 Å². The van der Waals surface area contributed by atoms with E-state index in [1.165, 1.54) is 11.1 Å². The molecule has 0 spiro atoms. The molecular weight excluding hydrogens is 338 g/mol. The highest BCUT2D eigenvalue weighted by molar-refractivity contribution is 5.84. The van der Waals surface area contributed by atoms with E-state index < -0.39 is 0 Å². The molecule has 1 saturated heterocycles. The van der Waals surface area contributed by atoms with E-state index in [-0.39, 0.29) is 17.7 Å². The number of piperidine rings is 1. The number of carbonyl (C=O) groups is 2. The van der Waals surface area contributed by atoms with Gasteiger partial charge in [0.2, 0.25) is 11.8 Å². The van der Waals surface area contributed by atoms with Gasteiger partial charge in [0.15, 0.2) is 0 Å². The van der Waals surface area contributed by atoms with Crippen LogP contribution in [-0.4, -0.2) is 46.2 Å². The van der Waals surface area contributed by atoms with Crippen LogP contribution in [0, 0.1) is 5.92 Å². The van der Waals surface area contributed by atoms with Crippen molar-refractivity contribution in [3.63, 3.8) is 0 Å². The summed E-state index contributed by atoms with van der Waals surface area (Å²) < 4.78 is 0. The molecule has 1 aromatic heterocycles. The molecule has 2 aliphatic heterocycles. The number of likely N-dealkylation sites (tertiary alicyclic amines) is 1. The van der Waals surface area contributed by atoms with Gasteiger partial charge in [-0.1, -0.05) is 30.3 Å². The van der Waals surface area contributed by atoms with E-state index in [9.17, 15) is 9.59 Å². The van der Waals surface area contributed by atoms with Crippen molar-refractivity contribution in [2.75, 3.05) is 19.6 Å². The molecule has 0 radical (unpaired) electrons. The summed E-state index contributed by atoms with van der Waals surface area (Å²) >= 11 is 0. The number of hydrogen-bond acceptors (Lipinski definition) is 3.